The summed E-state index contributed by atoms with van der Waals surface area (Å²) in [7, 11) is 0. The van der Waals surface area contributed by atoms with Crippen LogP contribution in [0.4, 0.5) is 13.2 Å². The standard InChI is InChI=1S/C7H3BrClF3/c8-5-2-3(10)1-4(6(5)9)7(11)12/h1-2,7H. The topological polar surface area (TPSA) is 0 Å². The van der Waals surface area contributed by atoms with Crippen LogP contribution < -0.4 is 0 Å². The summed E-state index contributed by atoms with van der Waals surface area (Å²) in [6, 6.07) is 1.76. The van der Waals surface area contributed by atoms with E-state index in [2.05, 4.69) is 15.9 Å². The Labute approximate surface area is 80.5 Å². The smallest absolute Gasteiger partial charge is 0.207 e. The molecule has 0 aromatic heterocycles. The molecule has 66 valence electrons. The Bertz CT molecular complexity index is 301. The van der Waals surface area contributed by atoms with Crippen molar-refractivity contribution in [2.75, 3.05) is 0 Å². The van der Waals surface area contributed by atoms with Crippen LogP contribution in [0.3, 0.4) is 0 Å². The molecule has 0 atom stereocenters. The molecule has 0 aliphatic rings. The van der Waals surface area contributed by atoms with Gasteiger partial charge in [-0.05, 0) is 28.1 Å². The molecule has 0 heterocycles. The van der Waals surface area contributed by atoms with Gasteiger partial charge in [-0.1, -0.05) is 11.6 Å². The minimum absolute atomic E-state index is 0.138. The molecule has 0 bridgehead atoms. The molecule has 0 aliphatic heterocycles. The fraction of sp³-hybridized carbons (Fsp3) is 0.143. The molecular formula is C7H3BrClF3. The van der Waals surface area contributed by atoms with Gasteiger partial charge in [-0.25, -0.2) is 13.2 Å². The van der Waals surface area contributed by atoms with Crippen molar-refractivity contribution >= 4 is 27.5 Å². The van der Waals surface area contributed by atoms with E-state index in [9.17, 15) is 13.2 Å². The zero-order chi connectivity index (χ0) is 9.30. The predicted octanol–water partition coefficient (Wildman–Crippen LogP) is 4.18. The largest absolute Gasteiger partial charge is 0.265 e. The quantitative estimate of drug-likeness (QED) is 0.664. The van der Waals surface area contributed by atoms with Crippen molar-refractivity contribution in [1.82, 2.24) is 0 Å². The number of hydrogen-bond donors (Lipinski definition) is 0. The van der Waals surface area contributed by atoms with Gasteiger partial charge in [0.05, 0.1) is 5.02 Å². The number of alkyl halides is 2. The molecular weight excluding hydrogens is 256 g/mol. The summed E-state index contributed by atoms with van der Waals surface area (Å²) in [6.45, 7) is 0. The van der Waals surface area contributed by atoms with Crippen molar-refractivity contribution in [1.29, 1.82) is 0 Å². The van der Waals surface area contributed by atoms with Gasteiger partial charge in [-0.2, -0.15) is 0 Å². The van der Waals surface area contributed by atoms with Crippen molar-refractivity contribution in [3.05, 3.63) is 33.0 Å². The van der Waals surface area contributed by atoms with Gasteiger partial charge in [-0.15, -0.1) is 0 Å². The lowest BCUT2D eigenvalue weighted by atomic mass is 10.2. The van der Waals surface area contributed by atoms with E-state index in [0.717, 1.165) is 12.1 Å². The third-order valence-electron chi connectivity index (χ3n) is 1.26. The van der Waals surface area contributed by atoms with Gasteiger partial charge in [0, 0.05) is 10.0 Å². The normalized spacial score (nSPS) is 10.8. The lowest BCUT2D eigenvalue weighted by Gasteiger charge is -2.04. The molecule has 0 saturated carbocycles. The van der Waals surface area contributed by atoms with Crippen molar-refractivity contribution in [3.8, 4) is 0 Å². The van der Waals surface area contributed by atoms with Gasteiger partial charge >= 0.3 is 0 Å². The molecule has 5 heteroatoms. The molecule has 1 aromatic carbocycles. The zero-order valence-electron chi connectivity index (χ0n) is 5.62. The van der Waals surface area contributed by atoms with Gasteiger partial charge < -0.3 is 0 Å². The monoisotopic (exact) mass is 258 g/mol. The Kier molecular flexibility index (Phi) is 3.01. The van der Waals surface area contributed by atoms with Gasteiger partial charge in [0.2, 0.25) is 0 Å². The fourth-order valence-corrected chi connectivity index (χ4v) is 1.37. The first-order valence-electron chi connectivity index (χ1n) is 2.95. The molecule has 0 aliphatic carbocycles. The van der Waals surface area contributed by atoms with E-state index in [1.165, 1.54) is 0 Å². The van der Waals surface area contributed by atoms with Crippen LogP contribution in [0.25, 0.3) is 0 Å². The van der Waals surface area contributed by atoms with E-state index in [1.54, 1.807) is 0 Å². The molecule has 0 N–H and O–H groups in total. The summed E-state index contributed by atoms with van der Waals surface area (Å²) < 4.78 is 36.9. The Morgan fingerprint density at radius 3 is 2.42 bits per heavy atom. The van der Waals surface area contributed by atoms with Crippen LogP contribution in [0.15, 0.2) is 16.6 Å². The Morgan fingerprint density at radius 1 is 1.33 bits per heavy atom. The average molecular weight is 259 g/mol. The van der Waals surface area contributed by atoms with Gasteiger partial charge in [0.15, 0.2) is 0 Å². The summed E-state index contributed by atoms with van der Waals surface area (Å²) >= 11 is 8.33. The van der Waals surface area contributed by atoms with E-state index < -0.39 is 17.8 Å². The maximum absolute atomic E-state index is 12.5. The van der Waals surface area contributed by atoms with Crippen LogP contribution in [0.1, 0.15) is 12.0 Å². The fourth-order valence-electron chi connectivity index (χ4n) is 0.735. The minimum atomic E-state index is -2.76. The molecule has 0 amide bonds. The Hall–Kier alpha value is -0.220. The van der Waals surface area contributed by atoms with E-state index >= 15 is 0 Å². The average Bonchev–Trinajstić information content (AvgIpc) is 1.96. The van der Waals surface area contributed by atoms with Crippen LogP contribution in [0.2, 0.25) is 5.02 Å². The second kappa shape index (κ2) is 3.66. The summed E-state index contributed by atoms with van der Waals surface area (Å²) in [5.41, 5.74) is -0.497. The SMILES string of the molecule is Fc1cc(Br)c(Cl)c(C(F)F)c1. The van der Waals surface area contributed by atoms with Crippen LogP contribution >= 0.6 is 27.5 Å². The number of rotatable bonds is 1. The van der Waals surface area contributed by atoms with Gasteiger partial charge in [-0.3, -0.25) is 0 Å². The molecule has 0 fully saturated rings. The van der Waals surface area contributed by atoms with Gasteiger partial charge in [0.1, 0.15) is 5.82 Å². The summed E-state index contributed by atoms with van der Waals surface area (Å²) in [5.74, 6) is -0.735. The maximum Gasteiger partial charge on any atom is 0.265 e. The van der Waals surface area contributed by atoms with Crippen LogP contribution in [-0.4, -0.2) is 0 Å². The molecule has 1 aromatic rings. The molecule has 12 heavy (non-hydrogen) atoms. The Morgan fingerprint density at radius 2 is 1.92 bits per heavy atom. The van der Waals surface area contributed by atoms with Crippen LogP contribution in [-0.2, 0) is 0 Å². The van der Waals surface area contributed by atoms with Gasteiger partial charge in [0.25, 0.3) is 6.43 Å². The van der Waals surface area contributed by atoms with Crippen molar-refractivity contribution in [2.45, 2.75) is 6.43 Å². The first kappa shape index (κ1) is 9.86. The van der Waals surface area contributed by atoms with E-state index in [1.807, 2.05) is 0 Å². The third kappa shape index (κ3) is 1.93. The first-order valence-corrected chi connectivity index (χ1v) is 4.12. The second-order valence-electron chi connectivity index (χ2n) is 2.09. The highest BCUT2D eigenvalue weighted by atomic mass is 79.9. The minimum Gasteiger partial charge on any atom is -0.207 e. The summed E-state index contributed by atoms with van der Waals surface area (Å²) in [5, 5.41) is -0.147. The number of benzene rings is 1. The first-order chi connectivity index (χ1) is 5.52. The number of halogens is 5. The Balaban J connectivity index is 3.28. The van der Waals surface area contributed by atoms with Crippen LogP contribution in [0.5, 0.6) is 0 Å². The molecule has 0 saturated heterocycles. The number of hydrogen-bond acceptors (Lipinski definition) is 0. The molecule has 0 radical (unpaired) electrons. The van der Waals surface area contributed by atoms with Crippen molar-refractivity contribution in [2.24, 2.45) is 0 Å². The predicted molar refractivity (Wildman–Crippen MR) is 44.1 cm³/mol. The molecule has 1 rings (SSSR count). The lowest BCUT2D eigenvalue weighted by molar-refractivity contribution is 0.151. The van der Waals surface area contributed by atoms with Crippen LogP contribution in [0, 0.1) is 5.82 Å². The highest BCUT2D eigenvalue weighted by Crippen LogP contribution is 2.33. The molecule has 0 unspecified atom stereocenters. The van der Waals surface area contributed by atoms with Crippen molar-refractivity contribution < 1.29 is 13.2 Å². The highest BCUT2D eigenvalue weighted by molar-refractivity contribution is 9.10. The van der Waals surface area contributed by atoms with Crippen molar-refractivity contribution in [3.63, 3.8) is 0 Å². The second-order valence-corrected chi connectivity index (χ2v) is 3.32. The lowest BCUT2D eigenvalue weighted by Crippen LogP contribution is -1.89. The summed E-state index contributed by atoms with van der Waals surface area (Å²) in [4.78, 5) is 0. The molecule has 0 nitrogen and oxygen atoms in total. The highest BCUT2D eigenvalue weighted by Gasteiger charge is 2.15. The van der Waals surface area contributed by atoms with E-state index in [-0.39, 0.29) is 9.50 Å². The zero-order valence-corrected chi connectivity index (χ0v) is 7.96. The van der Waals surface area contributed by atoms with E-state index in [0.29, 0.717) is 0 Å². The third-order valence-corrected chi connectivity index (χ3v) is 2.53. The van der Waals surface area contributed by atoms with E-state index in [4.69, 9.17) is 11.6 Å². The summed E-state index contributed by atoms with van der Waals surface area (Å²) in [6.07, 6.45) is -2.76. The maximum atomic E-state index is 12.5. The molecule has 0 spiro atoms.